The van der Waals surface area contributed by atoms with Crippen LogP contribution in [0.25, 0.3) is 0 Å². The van der Waals surface area contributed by atoms with Crippen molar-refractivity contribution in [2.75, 3.05) is 32.8 Å². The summed E-state index contributed by atoms with van der Waals surface area (Å²) in [6, 6.07) is 6.73. The van der Waals surface area contributed by atoms with Crippen LogP contribution >= 0.6 is 0 Å². The highest BCUT2D eigenvalue weighted by Gasteiger charge is 2.36. The van der Waals surface area contributed by atoms with Crippen LogP contribution in [-0.4, -0.2) is 60.8 Å². The van der Waals surface area contributed by atoms with E-state index in [1.807, 2.05) is 23.1 Å². The van der Waals surface area contributed by atoms with Gasteiger partial charge in [-0.05, 0) is 44.0 Å². The van der Waals surface area contributed by atoms with Crippen LogP contribution in [-0.2, 0) is 6.54 Å². The minimum atomic E-state index is 0.0335. The van der Waals surface area contributed by atoms with Crippen molar-refractivity contribution in [2.45, 2.75) is 44.8 Å². The normalized spacial score (nSPS) is 26.0. The number of carbonyl (C=O) groups excluding carboxylic acids is 1. The van der Waals surface area contributed by atoms with E-state index >= 15 is 0 Å². The highest BCUT2D eigenvalue weighted by atomic mass is 16.5. The summed E-state index contributed by atoms with van der Waals surface area (Å²) in [5, 5.41) is 3.07. The van der Waals surface area contributed by atoms with Crippen molar-refractivity contribution in [1.29, 1.82) is 0 Å². The van der Waals surface area contributed by atoms with Gasteiger partial charge < -0.3 is 19.7 Å². The lowest BCUT2D eigenvalue weighted by Gasteiger charge is -2.42. The molecule has 6 heteroatoms. The van der Waals surface area contributed by atoms with E-state index in [1.165, 1.54) is 19.4 Å². The summed E-state index contributed by atoms with van der Waals surface area (Å²) in [6.07, 6.45) is 3.36. The van der Waals surface area contributed by atoms with E-state index < -0.39 is 0 Å². The molecule has 2 fully saturated rings. The predicted octanol–water partition coefficient (Wildman–Crippen LogP) is 2.23. The van der Waals surface area contributed by atoms with Gasteiger partial charge in [-0.2, -0.15) is 0 Å². The smallest absolute Gasteiger partial charge is 0.318 e. The topological polar surface area (TPSA) is 54.0 Å². The number of rotatable bonds is 2. The summed E-state index contributed by atoms with van der Waals surface area (Å²) < 4.78 is 11.4. The number of benzene rings is 1. The van der Waals surface area contributed by atoms with Gasteiger partial charge in [0, 0.05) is 38.1 Å². The third-order valence-corrected chi connectivity index (χ3v) is 5.45. The number of carbonyl (C=O) groups is 1. The number of nitrogens with zero attached hydrogens (tertiary/aromatic N) is 2. The highest BCUT2D eigenvalue weighted by Crippen LogP contribution is 2.30. The van der Waals surface area contributed by atoms with Crippen molar-refractivity contribution in [1.82, 2.24) is 15.1 Å². The third kappa shape index (κ3) is 3.54. The maximum atomic E-state index is 12.7. The van der Waals surface area contributed by atoms with Gasteiger partial charge >= 0.3 is 6.03 Å². The Morgan fingerprint density at radius 1 is 1.20 bits per heavy atom. The predicted molar refractivity (Wildman–Crippen MR) is 95.0 cm³/mol. The van der Waals surface area contributed by atoms with Gasteiger partial charge in [0.25, 0.3) is 0 Å². The molecule has 3 aliphatic rings. The van der Waals surface area contributed by atoms with E-state index in [0.29, 0.717) is 25.8 Å². The molecule has 0 radical (unpaired) electrons. The monoisotopic (exact) mass is 345 g/mol. The fourth-order valence-electron chi connectivity index (χ4n) is 4.07. The lowest BCUT2D eigenvalue weighted by Crippen LogP contribution is -2.58. The van der Waals surface area contributed by atoms with Crippen molar-refractivity contribution in [3.8, 4) is 11.5 Å². The number of nitrogens with one attached hydrogen (secondary N) is 1. The van der Waals surface area contributed by atoms with E-state index in [2.05, 4.69) is 17.1 Å². The zero-order valence-electron chi connectivity index (χ0n) is 14.9. The van der Waals surface area contributed by atoms with Gasteiger partial charge in [0.05, 0.1) is 13.2 Å². The Bertz CT molecular complexity index is 636. The number of hydrogen-bond donors (Lipinski definition) is 1. The van der Waals surface area contributed by atoms with E-state index in [4.69, 9.17) is 9.47 Å². The second-order valence-electron chi connectivity index (χ2n) is 7.28. The second-order valence-corrected chi connectivity index (χ2v) is 7.28. The largest absolute Gasteiger partial charge is 0.490 e. The van der Waals surface area contributed by atoms with Gasteiger partial charge in [0.2, 0.25) is 0 Å². The molecule has 3 heterocycles. The quantitative estimate of drug-likeness (QED) is 0.893. The van der Waals surface area contributed by atoms with E-state index in [0.717, 1.165) is 36.6 Å². The minimum Gasteiger partial charge on any atom is -0.490 e. The van der Waals surface area contributed by atoms with Crippen LogP contribution in [0.15, 0.2) is 18.2 Å². The molecule has 0 saturated carbocycles. The molecule has 136 valence electrons. The molecule has 6 nitrogen and oxygen atoms in total. The van der Waals surface area contributed by atoms with Gasteiger partial charge in [0.15, 0.2) is 11.5 Å². The molecule has 1 aromatic rings. The third-order valence-electron chi connectivity index (χ3n) is 5.45. The molecular formula is C19H27N3O3. The number of fused-ring (bicyclic) bond motifs is 2. The second kappa shape index (κ2) is 7.12. The molecule has 1 aromatic carbocycles. The van der Waals surface area contributed by atoms with E-state index in [1.54, 1.807) is 0 Å². The molecule has 2 atom stereocenters. The highest BCUT2D eigenvalue weighted by molar-refractivity contribution is 5.74. The summed E-state index contributed by atoms with van der Waals surface area (Å²) in [5.74, 6) is 1.57. The van der Waals surface area contributed by atoms with Gasteiger partial charge in [0.1, 0.15) is 0 Å². The van der Waals surface area contributed by atoms with Crippen molar-refractivity contribution >= 4 is 6.03 Å². The molecule has 1 N–H and O–H groups in total. The Morgan fingerprint density at radius 3 is 2.92 bits per heavy atom. The van der Waals surface area contributed by atoms with E-state index in [-0.39, 0.29) is 12.1 Å². The van der Waals surface area contributed by atoms with Crippen LogP contribution in [0.3, 0.4) is 0 Å². The maximum Gasteiger partial charge on any atom is 0.318 e. The summed E-state index contributed by atoms with van der Waals surface area (Å²) in [7, 11) is 0. The summed E-state index contributed by atoms with van der Waals surface area (Å²) in [5.41, 5.74) is 1.03. The zero-order valence-corrected chi connectivity index (χ0v) is 14.9. The Kier molecular flexibility index (Phi) is 4.70. The molecule has 2 saturated heterocycles. The molecule has 0 aliphatic carbocycles. The molecule has 0 aromatic heterocycles. The Labute approximate surface area is 149 Å². The Morgan fingerprint density at radius 2 is 2.04 bits per heavy atom. The fourth-order valence-corrected chi connectivity index (χ4v) is 4.07. The number of urea groups is 1. The molecule has 0 spiro atoms. The van der Waals surface area contributed by atoms with Crippen LogP contribution in [0.5, 0.6) is 11.5 Å². The van der Waals surface area contributed by atoms with Crippen molar-refractivity contribution < 1.29 is 14.3 Å². The lowest BCUT2D eigenvalue weighted by atomic mass is 10.1. The zero-order chi connectivity index (χ0) is 17.2. The minimum absolute atomic E-state index is 0.0335. The SMILES string of the molecule is CC1CN2CCCC2CN1C(=O)NCc1ccc2c(c1)OCCCO2. The number of piperazine rings is 1. The van der Waals surface area contributed by atoms with Gasteiger partial charge in [-0.25, -0.2) is 4.79 Å². The van der Waals surface area contributed by atoms with Crippen molar-refractivity contribution in [2.24, 2.45) is 0 Å². The van der Waals surface area contributed by atoms with Crippen LogP contribution in [0.1, 0.15) is 31.7 Å². The first-order valence-corrected chi connectivity index (χ1v) is 9.38. The summed E-state index contributed by atoms with van der Waals surface area (Å²) >= 11 is 0. The first kappa shape index (κ1) is 16.5. The summed E-state index contributed by atoms with van der Waals surface area (Å²) in [6.45, 7) is 7.02. The van der Waals surface area contributed by atoms with Crippen LogP contribution in [0, 0.1) is 0 Å². The van der Waals surface area contributed by atoms with Gasteiger partial charge in [-0.3, -0.25) is 4.90 Å². The van der Waals surface area contributed by atoms with Crippen molar-refractivity contribution in [3.63, 3.8) is 0 Å². The number of hydrogen-bond acceptors (Lipinski definition) is 4. The molecule has 2 unspecified atom stereocenters. The van der Waals surface area contributed by atoms with Gasteiger partial charge in [-0.15, -0.1) is 0 Å². The van der Waals surface area contributed by atoms with Crippen molar-refractivity contribution in [3.05, 3.63) is 23.8 Å². The fraction of sp³-hybridized carbons (Fsp3) is 0.632. The van der Waals surface area contributed by atoms with Crippen LogP contribution in [0.4, 0.5) is 4.79 Å². The summed E-state index contributed by atoms with van der Waals surface area (Å²) in [4.78, 5) is 17.2. The first-order chi connectivity index (χ1) is 12.2. The molecule has 2 amide bonds. The Balaban J connectivity index is 1.36. The number of amides is 2. The molecular weight excluding hydrogens is 318 g/mol. The van der Waals surface area contributed by atoms with Crippen LogP contribution < -0.4 is 14.8 Å². The standard InChI is InChI=1S/C19H27N3O3/c1-14-12-21-7-2-4-16(21)13-22(14)19(23)20-11-15-5-6-17-18(10-15)25-9-3-8-24-17/h5-6,10,14,16H,2-4,7-9,11-13H2,1H3,(H,20,23). The van der Waals surface area contributed by atoms with Gasteiger partial charge in [-0.1, -0.05) is 6.07 Å². The maximum absolute atomic E-state index is 12.7. The molecule has 3 aliphatic heterocycles. The average molecular weight is 345 g/mol. The number of ether oxygens (including phenoxy) is 2. The first-order valence-electron chi connectivity index (χ1n) is 9.38. The molecule has 4 rings (SSSR count). The average Bonchev–Trinajstić information content (AvgIpc) is 2.93. The molecule has 25 heavy (non-hydrogen) atoms. The van der Waals surface area contributed by atoms with E-state index in [9.17, 15) is 4.79 Å². The van der Waals surface area contributed by atoms with Crippen LogP contribution in [0.2, 0.25) is 0 Å². The Hall–Kier alpha value is -1.95. The lowest BCUT2D eigenvalue weighted by molar-refractivity contribution is 0.0802. The molecule has 0 bridgehead atoms.